The number of hydrogen-bond acceptors (Lipinski definition) is 4. The van der Waals surface area contributed by atoms with Crippen molar-refractivity contribution in [3.63, 3.8) is 0 Å². The summed E-state index contributed by atoms with van der Waals surface area (Å²) < 4.78 is 0. The lowest BCUT2D eigenvalue weighted by Gasteiger charge is -2.16. The molecule has 0 radical (unpaired) electrons. The first kappa shape index (κ1) is 25.8. The van der Waals surface area contributed by atoms with E-state index in [0.717, 1.165) is 29.7 Å². The third-order valence-corrected chi connectivity index (χ3v) is 6.70. The Bertz CT molecular complexity index is 1370. The molecule has 1 heterocycles. The summed E-state index contributed by atoms with van der Waals surface area (Å²) in [7, 11) is 0. The third kappa shape index (κ3) is 5.57. The van der Waals surface area contributed by atoms with Gasteiger partial charge in [-0.1, -0.05) is 66.3 Å². The van der Waals surface area contributed by atoms with E-state index in [1.807, 2.05) is 12.1 Å². The molecule has 4 rings (SSSR count). The van der Waals surface area contributed by atoms with Crippen LogP contribution in [0.5, 0.6) is 0 Å². The average Bonchev–Trinajstić information content (AvgIpc) is 3.08. The fraction of sp³-hybridized carbons (Fsp3) is 0.148. The standard InChI is InChI=1S/C27H22Cl3N3O3/c1-2-3-5-16-8-11-20(12-9-16)33-26(35)23(30)24(27(33)36)31-18-7-4-6-17(14-18)25(34)32-19-10-13-21(28)22(29)15-19/h4,6-15,31H,2-3,5H2,1H3,(H,32,34). The first-order valence-electron chi connectivity index (χ1n) is 11.3. The molecule has 3 amide bonds. The van der Waals surface area contributed by atoms with E-state index in [0.29, 0.717) is 32.7 Å². The second kappa shape index (κ2) is 11.2. The lowest BCUT2D eigenvalue weighted by Crippen LogP contribution is -2.32. The van der Waals surface area contributed by atoms with Crippen molar-refractivity contribution < 1.29 is 14.4 Å². The number of imide groups is 1. The average molecular weight is 543 g/mol. The number of anilines is 3. The Morgan fingerprint density at radius 1 is 0.861 bits per heavy atom. The van der Waals surface area contributed by atoms with E-state index < -0.39 is 17.7 Å². The summed E-state index contributed by atoms with van der Waals surface area (Å²) >= 11 is 18.2. The van der Waals surface area contributed by atoms with Gasteiger partial charge in [-0.25, -0.2) is 4.90 Å². The number of carbonyl (C=O) groups excluding carboxylic acids is 3. The second-order valence-electron chi connectivity index (χ2n) is 8.19. The van der Waals surface area contributed by atoms with E-state index >= 15 is 0 Å². The highest BCUT2D eigenvalue weighted by Gasteiger charge is 2.39. The van der Waals surface area contributed by atoms with Gasteiger partial charge in [-0.2, -0.15) is 0 Å². The monoisotopic (exact) mass is 541 g/mol. The fourth-order valence-electron chi connectivity index (χ4n) is 3.70. The summed E-state index contributed by atoms with van der Waals surface area (Å²) in [5.41, 5.74) is 2.73. The van der Waals surface area contributed by atoms with Gasteiger partial charge in [0, 0.05) is 16.9 Å². The van der Waals surface area contributed by atoms with Crippen molar-refractivity contribution in [3.05, 3.63) is 98.6 Å². The van der Waals surface area contributed by atoms with Gasteiger partial charge in [0.25, 0.3) is 17.7 Å². The summed E-state index contributed by atoms with van der Waals surface area (Å²) in [4.78, 5) is 39.7. The largest absolute Gasteiger partial charge is 0.350 e. The van der Waals surface area contributed by atoms with Crippen LogP contribution in [0.15, 0.2) is 77.5 Å². The Balaban J connectivity index is 1.49. The lowest BCUT2D eigenvalue weighted by atomic mass is 10.1. The molecule has 0 aromatic heterocycles. The number of carbonyl (C=O) groups is 3. The van der Waals surface area contributed by atoms with E-state index in [4.69, 9.17) is 34.8 Å². The smallest absolute Gasteiger partial charge is 0.283 e. The van der Waals surface area contributed by atoms with Crippen LogP contribution in [0, 0.1) is 0 Å². The van der Waals surface area contributed by atoms with Crippen molar-refractivity contribution in [1.29, 1.82) is 0 Å². The van der Waals surface area contributed by atoms with Gasteiger partial charge in [-0.3, -0.25) is 14.4 Å². The van der Waals surface area contributed by atoms with Crippen LogP contribution < -0.4 is 15.5 Å². The molecule has 0 fully saturated rings. The number of benzene rings is 3. The van der Waals surface area contributed by atoms with E-state index in [2.05, 4.69) is 17.6 Å². The molecule has 0 saturated carbocycles. The molecule has 2 N–H and O–H groups in total. The molecule has 0 aliphatic carbocycles. The molecule has 0 spiro atoms. The van der Waals surface area contributed by atoms with Crippen LogP contribution in [-0.2, 0) is 16.0 Å². The van der Waals surface area contributed by atoms with Gasteiger partial charge in [-0.15, -0.1) is 0 Å². The predicted molar refractivity (Wildman–Crippen MR) is 145 cm³/mol. The molecule has 0 unspecified atom stereocenters. The normalized spacial score (nSPS) is 13.4. The van der Waals surface area contributed by atoms with Crippen molar-refractivity contribution in [2.75, 3.05) is 15.5 Å². The van der Waals surface area contributed by atoms with E-state index in [1.54, 1.807) is 54.6 Å². The molecular formula is C27H22Cl3N3O3. The maximum Gasteiger partial charge on any atom is 0.283 e. The van der Waals surface area contributed by atoms with Crippen LogP contribution >= 0.6 is 34.8 Å². The lowest BCUT2D eigenvalue weighted by molar-refractivity contribution is -0.120. The fourth-order valence-corrected chi connectivity index (χ4v) is 4.21. The van der Waals surface area contributed by atoms with E-state index in [9.17, 15) is 14.4 Å². The molecule has 184 valence electrons. The molecule has 3 aromatic rings. The molecule has 1 aliphatic rings. The summed E-state index contributed by atoms with van der Waals surface area (Å²) in [6.45, 7) is 2.12. The Morgan fingerprint density at radius 3 is 2.31 bits per heavy atom. The zero-order valence-electron chi connectivity index (χ0n) is 19.3. The maximum absolute atomic E-state index is 13.1. The number of amides is 3. The SMILES string of the molecule is CCCCc1ccc(N2C(=O)C(Cl)=C(Nc3cccc(C(=O)Nc4ccc(Cl)c(Cl)c4)c3)C2=O)cc1. The van der Waals surface area contributed by atoms with Crippen LogP contribution in [0.3, 0.4) is 0 Å². The van der Waals surface area contributed by atoms with Gasteiger partial charge < -0.3 is 10.6 Å². The highest BCUT2D eigenvalue weighted by molar-refractivity contribution is 6.53. The maximum atomic E-state index is 13.1. The minimum atomic E-state index is -0.612. The molecular weight excluding hydrogens is 521 g/mol. The van der Waals surface area contributed by atoms with Crippen molar-refractivity contribution in [2.45, 2.75) is 26.2 Å². The Kier molecular flexibility index (Phi) is 7.99. The third-order valence-electron chi connectivity index (χ3n) is 5.61. The number of hydrogen-bond donors (Lipinski definition) is 2. The molecule has 36 heavy (non-hydrogen) atoms. The zero-order valence-corrected chi connectivity index (χ0v) is 21.5. The highest BCUT2D eigenvalue weighted by atomic mass is 35.5. The number of nitrogens with one attached hydrogen (secondary N) is 2. The molecule has 0 bridgehead atoms. The number of rotatable bonds is 8. The topological polar surface area (TPSA) is 78.5 Å². The van der Waals surface area contributed by atoms with Gasteiger partial charge in [0.05, 0.1) is 15.7 Å². The van der Waals surface area contributed by atoms with Crippen LogP contribution in [0.1, 0.15) is 35.7 Å². The minimum Gasteiger partial charge on any atom is -0.350 e. The van der Waals surface area contributed by atoms with Crippen LogP contribution in [-0.4, -0.2) is 17.7 Å². The summed E-state index contributed by atoms with van der Waals surface area (Å²) in [6.07, 6.45) is 3.07. The van der Waals surface area contributed by atoms with Crippen molar-refractivity contribution in [2.24, 2.45) is 0 Å². The number of nitrogens with zero attached hydrogens (tertiary/aromatic N) is 1. The van der Waals surface area contributed by atoms with Crippen molar-refractivity contribution in [1.82, 2.24) is 0 Å². The number of aryl methyl sites for hydroxylation is 1. The summed E-state index contributed by atoms with van der Waals surface area (Å²) in [5, 5.41) is 6.12. The Hall–Kier alpha value is -3.32. The van der Waals surface area contributed by atoms with Crippen LogP contribution in [0.25, 0.3) is 0 Å². The minimum absolute atomic E-state index is 0.0567. The molecule has 9 heteroatoms. The van der Waals surface area contributed by atoms with Crippen LogP contribution in [0.2, 0.25) is 10.0 Å². The Labute approximate surface area is 223 Å². The van der Waals surface area contributed by atoms with Gasteiger partial charge in [-0.05, 0) is 66.9 Å². The first-order valence-corrected chi connectivity index (χ1v) is 12.4. The van der Waals surface area contributed by atoms with E-state index in [1.165, 1.54) is 0 Å². The van der Waals surface area contributed by atoms with Crippen molar-refractivity contribution in [3.8, 4) is 0 Å². The predicted octanol–water partition coefficient (Wildman–Crippen LogP) is 7.02. The molecule has 6 nitrogen and oxygen atoms in total. The summed E-state index contributed by atoms with van der Waals surface area (Å²) in [5.74, 6) is -1.58. The highest BCUT2D eigenvalue weighted by Crippen LogP contribution is 2.31. The zero-order chi connectivity index (χ0) is 25.8. The first-order chi connectivity index (χ1) is 17.3. The number of unbranched alkanes of at least 4 members (excludes halogenated alkanes) is 1. The van der Waals surface area contributed by atoms with Crippen molar-refractivity contribution >= 4 is 69.6 Å². The molecule has 0 atom stereocenters. The van der Waals surface area contributed by atoms with Crippen LogP contribution in [0.4, 0.5) is 17.1 Å². The van der Waals surface area contributed by atoms with Gasteiger partial charge in [0.15, 0.2) is 0 Å². The number of halogens is 3. The quantitative estimate of drug-likeness (QED) is 0.300. The Morgan fingerprint density at radius 2 is 1.61 bits per heavy atom. The van der Waals surface area contributed by atoms with Gasteiger partial charge >= 0.3 is 0 Å². The van der Waals surface area contributed by atoms with Gasteiger partial charge in [0.2, 0.25) is 0 Å². The summed E-state index contributed by atoms with van der Waals surface area (Å²) in [6, 6.07) is 18.5. The second-order valence-corrected chi connectivity index (χ2v) is 9.39. The van der Waals surface area contributed by atoms with Gasteiger partial charge in [0.1, 0.15) is 10.7 Å². The molecule has 1 aliphatic heterocycles. The van der Waals surface area contributed by atoms with E-state index in [-0.39, 0.29) is 10.7 Å². The molecule has 3 aromatic carbocycles. The molecule has 0 saturated heterocycles.